The largest absolute Gasteiger partial charge is 0.466 e. The van der Waals surface area contributed by atoms with E-state index in [2.05, 4.69) is 14.7 Å². The number of allylic oxidation sites excluding steroid dienone is 1. The van der Waals surface area contributed by atoms with Gasteiger partial charge >= 0.3 is 5.97 Å². The average Bonchev–Trinajstić information content (AvgIpc) is 2.35. The Morgan fingerprint density at radius 1 is 1.56 bits per heavy atom. The summed E-state index contributed by atoms with van der Waals surface area (Å²) in [5.41, 5.74) is 2.08. The molecule has 0 atom stereocenters. The van der Waals surface area contributed by atoms with E-state index >= 15 is 0 Å². The van der Waals surface area contributed by atoms with Gasteiger partial charge in [-0.05, 0) is 25.1 Å². The van der Waals surface area contributed by atoms with Crippen molar-refractivity contribution in [2.45, 2.75) is 6.92 Å². The SMILES string of the molecule is CN=C(/C=C(\C)C(=O)OC)c1cccnc1. The second kappa shape index (κ2) is 5.80. The van der Waals surface area contributed by atoms with Gasteiger partial charge in [0, 0.05) is 30.6 Å². The molecular formula is C12H14N2O2. The van der Waals surface area contributed by atoms with E-state index in [1.165, 1.54) is 7.11 Å². The Labute approximate surface area is 94.7 Å². The molecule has 1 aromatic heterocycles. The summed E-state index contributed by atoms with van der Waals surface area (Å²) in [5, 5.41) is 0. The molecule has 0 spiro atoms. The van der Waals surface area contributed by atoms with Crippen molar-refractivity contribution in [2.24, 2.45) is 4.99 Å². The zero-order valence-corrected chi connectivity index (χ0v) is 9.60. The smallest absolute Gasteiger partial charge is 0.333 e. The molecule has 0 saturated carbocycles. The first kappa shape index (κ1) is 12.1. The first-order valence-corrected chi connectivity index (χ1v) is 4.83. The Kier molecular flexibility index (Phi) is 4.39. The van der Waals surface area contributed by atoms with Crippen molar-refractivity contribution in [2.75, 3.05) is 14.2 Å². The summed E-state index contributed by atoms with van der Waals surface area (Å²) < 4.78 is 4.62. The molecule has 1 heterocycles. The molecule has 4 heteroatoms. The minimum Gasteiger partial charge on any atom is -0.466 e. The summed E-state index contributed by atoms with van der Waals surface area (Å²) in [6.45, 7) is 1.69. The fourth-order valence-electron chi connectivity index (χ4n) is 1.22. The highest BCUT2D eigenvalue weighted by Crippen LogP contribution is 2.04. The van der Waals surface area contributed by atoms with Gasteiger partial charge in [-0.3, -0.25) is 9.98 Å². The fraction of sp³-hybridized carbons (Fsp3) is 0.250. The minimum atomic E-state index is -0.356. The number of carbonyl (C=O) groups excluding carboxylic acids is 1. The zero-order chi connectivity index (χ0) is 12.0. The molecule has 0 saturated heterocycles. The Hall–Kier alpha value is -1.97. The number of esters is 1. The van der Waals surface area contributed by atoms with Crippen LogP contribution in [-0.4, -0.2) is 30.8 Å². The molecule has 0 aliphatic rings. The second-order valence-electron chi connectivity index (χ2n) is 3.17. The number of nitrogens with zero attached hydrogens (tertiary/aromatic N) is 2. The van der Waals surface area contributed by atoms with E-state index in [4.69, 9.17) is 0 Å². The van der Waals surface area contributed by atoms with Crippen LogP contribution in [0, 0.1) is 0 Å². The van der Waals surface area contributed by atoms with Crippen molar-refractivity contribution in [3.63, 3.8) is 0 Å². The average molecular weight is 218 g/mol. The molecule has 0 aliphatic carbocycles. The number of hydrogen-bond donors (Lipinski definition) is 0. The molecule has 0 aromatic carbocycles. The van der Waals surface area contributed by atoms with E-state index in [1.54, 1.807) is 32.4 Å². The first-order chi connectivity index (χ1) is 7.69. The van der Waals surface area contributed by atoms with E-state index in [9.17, 15) is 4.79 Å². The molecular weight excluding hydrogens is 204 g/mol. The van der Waals surface area contributed by atoms with E-state index in [0.29, 0.717) is 11.3 Å². The van der Waals surface area contributed by atoms with Crippen LogP contribution >= 0.6 is 0 Å². The van der Waals surface area contributed by atoms with Crippen molar-refractivity contribution < 1.29 is 9.53 Å². The maximum atomic E-state index is 11.2. The quantitative estimate of drug-likeness (QED) is 0.440. The molecule has 4 nitrogen and oxygen atoms in total. The van der Waals surface area contributed by atoms with Crippen molar-refractivity contribution in [3.8, 4) is 0 Å². The van der Waals surface area contributed by atoms with Gasteiger partial charge in [0.1, 0.15) is 0 Å². The van der Waals surface area contributed by atoms with Gasteiger partial charge in [-0.15, -0.1) is 0 Å². The van der Waals surface area contributed by atoms with Gasteiger partial charge in [-0.1, -0.05) is 0 Å². The summed E-state index contributed by atoms with van der Waals surface area (Å²) in [7, 11) is 3.02. The molecule has 0 fully saturated rings. The third kappa shape index (κ3) is 3.02. The number of aliphatic imine (C=N–C) groups is 1. The number of hydrogen-bond acceptors (Lipinski definition) is 4. The molecule has 84 valence electrons. The molecule has 0 unspecified atom stereocenters. The summed E-state index contributed by atoms with van der Waals surface area (Å²) in [5.74, 6) is -0.356. The standard InChI is InChI=1S/C12H14N2O2/c1-9(12(15)16-3)7-11(13-2)10-5-4-6-14-8-10/h4-8H,1-3H3/b9-7+,13-11?. The highest BCUT2D eigenvalue weighted by molar-refractivity contribution is 6.11. The summed E-state index contributed by atoms with van der Waals surface area (Å²) >= 11 is 0. The Balaban J connectivity index is 2.99. The lowest BCUT2D eigenvalue weighted by molar-refractivity contribution is -0.136. The zero-order valence-electron chi connectivity index (χ0n) is 9.60. The van der Waals surface area contributed by atoms with Crippen LogP contribution in [0.5, 0.6) is 0 Å². The second-order valence-corrected chi connectivity index (χ2v) is 3.17. The maximum absolute atomic E-state index is 11.2. The van der Waals surface area contributed by atoms with Crippen LogP contribution < -0.4 is 0 Å². The van der Waals surface area contributed by atoms with Crippen molar-refractivity contribution >= 4 is 11.7 Å². The summed E-state index contributed by atoms with van der Waals surface area (Å²) in [6.07, 6.45) is 5.07. The molecule has 16 heavy (non-hydrogen) atoms. The molecule has 0 radical (unpaired) electrons. The molecule has 0 N–H and O–H groups in total. The van der Waals surface area contributed by atoms with Crippen molar-refractivity contribution in [3.05, 3.63) is 41.7 Å². The van der Waals surface area contributed by atoms with Crippen molar-refractivity contribution in [1.29, 1.82) is 0 Å². The molecule has 0 aliphatic heterocycles. The Morgan fingerprint density at radius 2 is 2.31 bits per heavy atom. The van der Waals surface area contributed by atoms with Gasteiger partial charge in [-0.2, -0.15) is 0 Å². The number of aromatic nitrogens is 1. The van der Waals surface area contributed by atoms with Crippen LogP contribution in [0.1, 0.15) is 12.5 Å². The molecule has 1 aromatic rings. The number of carbonyl (C=O) groups is 1. The monoisotopic (exact) mass is 218 g/mol. The van der Waals surface area contributed by atoms with Crippen molar-refractivity contribution in [1.82, 2.24) is 4.98 Å². The molecule has 0 amide bonds. The number of ether oxygens (including phenoxy) is 1. The van der Waals surface area contributed by atoms with Gasteiger partial charge in [0.05, 0.1) is 12.8 Å². The fourth-order valence-corrected chi connectivity index (χ4v) is 1.22. The van der Waals surface area contributed by atoms with Gasteiger partial charge in [0.25, 0.3) is 0 Å². The van der Waals surface area contributed by atoms with E-state index in [0.717, 1.165) is 5.56 Å². The topological polar surface area (TPSA) is 51.5 Å². The van der Waals surface area contributed by atoms with Crippen LogP contribution in [0.15, 0.2) is 41.2 Å². The highest BCUT2D eigenvalue weighted by Gasteiger charge is 2.06. The normalized spacial score (nSPS) is 12.4. The summed E-state index contributed by atoms with van der Waals surface area (Å²) in [4.78, 5) is 19.3. The lowest BCUT2D eigenvalue weighted by Crippen LogP contribution is -2.05. The summed E-state index contributed by atoms with van der Waals surface area (Å²) in [6, 6.07) is 3.71. The van der Waals surface area contributed by atoms with Crippen LogP contribution in [-0.2, 0) is 9.53 Å². The third-order valence-electron chi connectivity index (χ3n) is 2.06. The van der Waals surface area contributed by atoms with E-state index in [-0.39, 0.29) is 5.97 Å². The number of pyridine rings is 1. The predicted molar refractivity (Wildman–Crippen MR) is 62.5 cm³/mol. The first-order valence-electron chi connectivity index (χ1n) is 4.83. The predicted octanol–water partition coefficient (Wildman–Crippen LogP) is 1.62. The Bertz CT molecular complexity index is 422. The lowest BCUT2D eigenvalue weighted by atomic mass is 10.1. The van der Waals surface area contributed by atoms with Gasteiger partial charge in [0.15, 0.2) is 0 Å². The number of rotatable bonds is 3. The van der Waals surface area contributed by atoms with Gasteiger partial charge in [0.2, 0.25) is 0 Å². The van der Waals surface area contributed by atoms with Crippen LogP contribution in [0.3, 0.4) is 0 Å². The molecule has 0 bridgehead atoms. The minimum absolute atomic E-state index is 0.356. The van der Waals surface area contributed by atoms with Gasteiger partial charge < -0.3 is 4.74 Å². The molecule has 1 rings (SSSR count). The lowest BCUT2D eigenvalue weighted by Gasteiger charge is -2.02. The third-order valence-corrected chi connectivity index (χ3v) is 2.06. The van der Waals surface area contributed by atoms with E-state index in [1.807, 2.05) is 12.1 Å². The maximum Gasteiger partial charge on any atom is 0.333 e. The van der Waals surface area contributed by atoms with E-state index < -0.39 is 0 Å². The van der Waals surface area contributed by atoms with Crippen LogP contribution in [0.4, 0.5) is 0 Å². The Morgan fingerprint density at radius 3 is 2.81 bits per heavy atom. The number of methoxy groups -OCH3 is 1. The van der Waals surface area contributed by atoms with Crippen LogP contribution in [0.25, 0.3) is 0 Å². The van der Waals surface area contributed by atoms with Crippen LogP contribution in [0.2, 0.25) is 0 Å². The highest BCUT2D eigenvalue weighted by atomic mass is 16.5. The van der Waals surface area contributed by atoms with Gasteiger partial charge in [-0.25, -0.2) is 4.79 Å².